The van der Waals surface area contributed by atoms with Crippen molar-refractivity contribution in [1.82, 2.24) is 15.1 Å². The van der Waals surface area contributed by atoms with Crippen LogP contribution in [0.2, 0.25) is 0 Å². The number of ether oxygens (including phenoxy) is 1. The van der Waals surface area contributed by atoms with Crippen LogP contribution < -0.4 is 10.6 Å². The first-order valence-corrected chi connectivity index (χ1v) is 6.02. The van der Waals surface area contributed by atoms with E-state index in [0.29, 0.717) is 5.82 Å². The van der Waals surface area contributed by atoms with Gasteiger partial charge in [0, 0.05) is 32.3 Å². The topological polar surface area (TPSA) is 85.2 Å². The second-order valence-electron chi connectivity index (χ2n) is 5.10. The maximum Gasteiger partial charge on any atom is 0.407 e. The fourth-order valence-electron chi connectivity index (χ4n) is 1.28. The van der Waals surface area contributed by atoms with Crippen LogP contribution in [0.5, 0.6) is 0 Å². The molecule has 7 nitrogen and oxygen atoms in total. The van der Waals surface area contributed by atoms with Crippen molar-refractivity contribution in [2.24, 2.45) is 7.05 Å². The maximum atomic E-state index is 11.5. The van der Waals surface area contributed by atoms with Crippen LogP contribution in [-0.2, 0) is 16.6 Å². The van der Waals surface area contributed by atoms with Crippen molar-refractivity contribution in [3.63, 3.8) is 0 Å². The summed E-state index contributed by atoms with van der Waals surface area (Å²) >= 11 is 0. The average molecular weight is 268 g/mol. The number of anilines is 1. The second-order valence-corrected chi connectivity index (χ2v) is 5.10. The van der Waals surface area contributed by atoms with Crippen LogP contribution in [0.25, 0.3) is 0 Å². The molecule has 0 aliphatic heterocycles. The van der Waals surface area contributed by atoms with E-state index in [0.717, 1.165) is 0 Å². The largest absolute Gasteiger partial charge is 0.444 e. The molecule has 7 heteroatoms. The van der Waals surface area contributed by atoms with Crippen molar-refractivity contribution in [1.29, 1.82) is 0 Å². The minimum absolute atomic E-state index is 0.163. The summed E-state index contributed by atoms with van der Waals surface area (Å²) in [6.07, 6.45) is 1.36. The van der Waals surface area contributed by atoms with E-state index in [1.807, 2.05) is 0 Å². The first-order valence-electron chi connectivity index (χ1n) is 6.02. The van der Waals surface area contributed by atoms with Crippen LogP contribution in [0.4, 0.5) is 10.6 Å². The summed E-state index contributed by atoms with van der Waals surface area (Å²) in [5, 5.41) is 9.15. The molecule has 2 amide bonds. The lowest BCUT2D eigenvalue weighted by Gasteiger charge is -2.19. The summed E-state index contributed by atoms with van der Waals surface area (Å²) in [7, 11) is 1.76. The number of amides is 2. The van der Waals surface area contributed by atoms with Gasteiger partial charge in [-0.25, -0.2) is 4.79 Å². The summed E-state index contributed by atoms with van der Waals surface area (Å²) in [5.41, 5.74) is -0.541. The van der Waals surface area contributed by atoms with Gasteiger partial charge in [0.05, 0.1) is 0 Å². The lowest BCUT2D eigenvalue weighted by Crippen LogP contribution is -2.34. The van der Waals surface area contributed by atoms with Crippen LogP contribution in [0.15, 0.2) is 12.3 Å². The van der Waals surface area contributed by atoms with Gasteiger partial charge in [-0.05, 0) is 20.8 Å². The molecule has 0 spiro atoms. The van der Waals surface area contributed by atoms with Crippen LogP contribution in [0.1, 0.15) is 27.2 Å². The third-order valence-corrected chi connectivity index (χ3v) is 2.00. The van der Waals surface area contributed by atoms with Gasteiger partial charge in [0.25, 0.3) is 0 Å². The van der Waals surface area contributed by atoms with Gasteiger partial charge < -0.3 is 15.4 Å². The predicted octanol–water partition coefficient (Wildman–Crippen LogP) is 1.27. The first-order chi connectivity index (χ1) is 8.76. The predicted molar refractivity (Wildman–Crippen MR) is 70.7 cm³/mol. The Hall–Kier alpha value is -2.05. The van der Waals surface area contributed by atoms with Crippen LogP contribution in [-0.4, -0.2) is 33.9 Å². The van der Waals surface area contributed by atoms with E-state index in [4.69, 9.17) is 4.74 Å². The highest BCUT2D eigenvalue weighted by Crippen LogP contribution is 2.06. The van der Waals surface area contributed by atoms with E-state index in [2.05, 4.69) is 15.7 Å². The van der Waals surface area contributed by atoms with Gasteiger partial charge in [0.15, 0.2) is 5.82 Å². The quantitative estimate of drug-likeness (QED) is 0.861. The van der Waals surface area contributed by atoms with Crippen molar-refractivity contribution in [3.05, 3.63) is 12.3 Å². The van der Waals surface area contributed by atoms with Crippen LogP contribution >= 0.6 is 0 Å². The molecule has 1 rings (SSSR count). The number of hydrogen-bond acceptors (Lipinski definition) is 4. The number of nitrogens with one attached hydrogen (secondary N) is 2. The number of aryl methyl sites for hydroxylation is 1. The monoisotopic (exact) mass is 268 g/mol. The Balaban J connectivity index is 2.22. The van der Waals surface area contributed by atoms with Gasteiger partial charge in [-0.2, -0.15) is 5.10 Å². The fraction of sp³-hybridized carbons (Fsp3) is 0.583. The molecule has 19 heavy (non-hydrogen) atoms. The van der Waals surface area contributed by atoms with Crippen molar-refractivity contribution in [3.8, 4) is 0 Å². The lowest BCUT2D eigenvalue weighted by atomic mass is 10.2. The standard InChI is InChI=1S/C12H20N4O3/c1-12(2,3)19-11(18)13-7-5-10(17)14-9-6-8-16(4)15-9/h6,8H,5,7H2,1-4H3,(H,13,18)(H,14,15,17). The Morgan fingerprint density at radius 3 is 2.63 bits per heavy atom. The number of hydrogen-bond donors (Lipinski definition) is 2. The Morgan fingerprint density at radius 2 is 2.11 bits per heavy atom. The summed E-state index contributed by atoms with van der Waals surface area (Å²) in [6.45, 7) is 5.55. The van der Waals surface area contributed by atoms with Crippen molar-refractivity contribution < 1.29 is 14.3 Å². The highest BCUT2D eigenvalue weighted by atomic mass is 16.6. The summed E-state index contributed by atoms with van der Waals surface area (Å²) in [6, 6.07) is 1.69. The molecular formula is C12H20N4O3. The molecule has 0 radical (unpaired) electrons. The van der Waals surface area contributed by atoms with Crippen molar-refractivity contribution in [2.45, 2.75) is 32.8 Å². The van der Waals surface area contributed by atoms with Gasteiger partial charge >= 0.3 is 6.09 Å². The number of nitrogens with zero attached hydrogens (tertiary/aromatic N) is 2. The average Bonchev–Trinajstić information content (AvgIpc) is 2.61. The highest BCUT2D eigenvalue weighted by molar-refractivity contribution is 5.90. The maximum absolute atomic E-state index is 11.5. The van der Waals surface area contributed by atoms with Gasteiger partial charge in [0.1, 0.15) is 5.60 Å². The molecule has 0 bridgehead atoms. The van der Waals surface area contributed by atoms with Crippen LogP contribution in [0, 0.1) is 0 Å². The zero-order chi connectivity index (χ0) is 14.5. The molecule has 0 unspecified atom stereocenters. The second kappa shape index (κ2) is 6.21. The first kappa shape index (κ1) is 15.0. The molecule has 2 N–H and O–H groups in total. The van der Waals surface area contributed by atoms with E-state index >= 15 is 0 Å². The number of rotatable bonds is 4. The van der Waals surface area contributed by atoms with Crippen LogP contribution in [0.3, 0.4) is 0 Å². The molecule has 0 saturated carbocycles. The number of carbonyl (C=O) groups excluding carboxylic acids is 2. The Kier molecular flexibility index (Phi) is 4.91. The highest BCUT2D eigenvalue weighted by Gasteiger charge is 2.15. The molecule has 0 atom stereocenters. The molecule has 0 aromatic carbocycles. The molecule has 0 saturated heterocycles. The minimum atomic E-state index is -0.541. The molecule has 1 aromatic rings. The Bertz CT molecular complexity index is 448. The van der Waals surface area contributed by atoms with Gasteiger partial charge in [-0.1, -0.05) is 0 Å². The van der Waals surface area contributed by atoms with Gasteiger partial charge in [-0.3, -0.25) is 9.48 Å². The zero-order valence-electron chi connectivity index (χ0n) is 11.7. The number of aromatic nitrogens is 2. The molecule has 1 aromatic heterocycles. The molecule has 1 heterocycles. The molecule has 0 aliphatic rings. The Labute approximate surface area is 112 Å². The third kappa shape index (κ3) is 6.44. The molecule has 0 fully saturated rings. The summed E-state index contributed by atoms with van der Waals surface area (Å²) in [5.74, 6) is 0.277. The smallest absolute Gasteiger partial charge is 0.407 e. The van der Waals surface area contributed by atoms with E-state index in [-0.39, 0.29) is 18.9 Å². The minimum Gasteiger partial charge on any atom is -0.444 e. The SMILES string of the molecule is Cn1ccc(NC(=O)CCNC(=O)OC(C)(C)C)n1. The molecule has 0 aliphatic carbocycles. The van der Waals surface area contributed by atoms with Crippen molar-refractivity contribution >= 4 is 17.8 Å². The molecule has 106 valence electrons. The zero-order valence-corrected chi connectivity index (χ0v) is 11.7. The van der Waals surface area contributed by atoms with E-state index in [9.17, 15) is 9.59 Å². The fourth-order valence-corrected chi connectivity index (χ4v) is 1.28. The summed E-state index contributed by atoms with van der Waals surface area (Å²) in [4.78, 5) is 22.9. The van der Waals surface area contributed by atoms with E-state index in [1.54, 1.807) is 44.8 Å². The lowest BCUT2D eigenvalue weighted by molar-refractivity contribution is -0.116. The van der Waals surface area contributed by atoms with Gasteiger partial charge in [0.2, 0.25) is 5.91 Å². The summed E-state index contributed by atoms with van der Waals surface area (Å²) < 4.78 is 6.64. The third-order valence-electron chi connectivity index (χ3n) is 2.00. The van der Waals surface area contributed by atoms with E-state index < -0.39 is 11.7 Å². The molecular weight excluding hydrogens is 248 g/mol. The van der Waals surface area contributed by atoms with Crippen molar-refractivity contribution in [2.75, 3.05) is 11.9 Å². The van der Waals surface area contributed by atoms with Gasteiger partial charge in [-0.15, -0.1) is 0 Å². The number of carbonyl (C=O) groups is 2. The van der Waals surface area contributed by atoms with E-state index in [1.165, 1.54) is 0 Å². The Morgan fingerprint density at radius 1 is 1.42 bits per heavy atom. The normalized spacial score (nSPS) is 10.9. The number of alkyl carbamates (subject to hydrolysis) is 1.